The lowest BCUT2D eigenvalue weighted by molar-refractivity contribution is -0.129. The second-order valence-electron chi connectivity index (χ2n) is 5.48. The van der Waals surface area contributed by atoms with Crippen LogP contribution in [0.2, 0.25) is 0 Å². The molecule has 0 spiro atoms. The summed E-state index contributed by atoms with van der Waals surface area (Å²) in [6.45, 7) is 1.78. The number of thiol groups is 2. The molecule has 4 N–H and O–H groups in total. The van der Waals surface area contributed by atoms with Gasteiger partial charge in [0.25, 0.3) is 0 Å². The molecule has 0 radical (unpaired) electrons. The fourth-order valence-electron chi connectivity index (χ4n) is 2.03. The first-order chi connectivity index (χ1) is 11.8. The molecule has 2 unspecified atom stereocenters. The molecule has 10 heteroatoms. The number of ketones is 1. The number of rotatable bonds is 13. The Bertz CT molecular complexity index is 463. The highest BCUT2D eigenvalue weighted by molar-refractivity contribution is 7.81. The van der Waals surface area contributed by atoms with Gasteiger partial charge in [0, 0.05) is 12.3 Å². The van der Waals surface area contributed by atoms with Crippen molar-refractivity contribution in [1.29, 1.82) is 0 Å². The summed E-state index contributed by atoms with van der Waals surface area (Å²) in [4.78, 5) is 46.0. The van der Waals surface area contributed by atoms with Gasteiger partial charge >= 0.3 is 0 Å². The van der Waals surface area contributed by atoms with Gasteiger partial charge in [0.1, 0.15) is 11.8 Å². The van der Waals surface area contributed by atoms with Crippen molar-refractivity contribution < 1.29 is 19.2 Å². The third kappa shape index (κ3) is 11.1. The van der Waals surface area contributed by atoms with E-state index in [1.807, 2.05) is 0 Å². The topological polar surface area (TPSA) is 116 Å². The first-order valence-corrected chi connectivity index (χ1v) is 9.35. The SMILES string of the molecule is CNC(CCCCNC(=O)C(CS)NC(=O)CNC(=O)CS)C(C)=O. The Morgan fingerprint density at radius 2 is 1.64 bits per heavy atom. The fourth-order valence-corrected chi connectivity index (χ4v) is 2.40. The maximum atomic E-state index is 12.0. The molecule has 0 heterocycles. The number of carbonyl (C=O) groups excluding carboxylic acids is 4. The summed E-state index contributed by atoms with van der Waals surface area (Å²) in [5.41, 5.74) is 0. The van der Waals surface area contributed by atoms with E-state index >= 15 is 0 Å². The smallest absolute Gasteiger partial charge is 0.243 e. The van der Waals surface area contributed by atoms with Crippen LogP contribution in [0.15, 0.2) is 0 Å². The number of carbonyl (C=O) groups is 4. The Hall–Kier alpha value is -1.26. The molecule has 8 nitrogen and oxygen atoms in total. The van der Waals surface area contributed by atoms with E-state index in [1.165, 1.54) is 0 Å². The quantitative estimate of drug-likeness (QED) is 0.176. The first-order valence-electron chi connectivity index (χ1n) is 8.08. The Morgan fingerprint density at radius 3 is 2.16 bits per heavy atom. The standard InChI is InChI=1S/C15H28N4O4S2/c1-10(20)11(16-2)5-3-4-6-17-15(23)12(8-24)19-13(21)7-18-14(22)9-25/h11-12,16,24-25H,3-9H2,1-2H3,(H,17,23)(H,18,22)(H,19,21). The molecule has 0 saturated carbocycles. The molecule has 0 aliphatic rings. The minimum Gasteiger partial charge on any atom is -0.354 e. The van der Waals surface area contributed by atoms with Crippen molar-refractivity contribution in [2.45, 2.75) is 38.3 Å². The third-order valence-electron chi connectivity index (χ3n) is 3.48. The van der Waals surface area contributed by atoms with E-state index in [-0.39, 0.29) is 41.7 Å². The molecular weight excluding hydrogens is 364 g/mol. The zero-order valence-electron chi connectivity index (χ0n) is 14.6. The third-order valence-corrected chi connectivity index (χ3v) is 4.13. The lowest BCUT2D eigenvalue weighted by Crippen LogP contribution is -2.50. The fraction of sp³-hybridized carbons (Fsp3) is 0.733. The monoisotopic (exact) mass is 392 g/mol. The molecule has 0 rings (SSSR count). The zero-order valence-corrected chi connectivity index (χ0v) is 16.4. The zero-order chi connectivity index (χ0) is 19.2. The van der Waals surface area contributed by atoms with Gasteiger partial charge in [-0.25, -0.2) is 0 Å². The van der Waals surface area contributed by atoms with Crippen LogP contribution < -0.4 is 21.3 Å². The Balaban J connectivity index is 4.06. The van der Waals surface area contributed by atoms with Crippen molar-refractivity contribution in [3.05, 3.63) is 0 Å². The van der Waals surface area contributed by atoms with Crippen LogP contribution in [0, 0.1) is 0 Å². The van der Waals surface area contributed by atoms with Crippen molar-refractivity contribution >= 4 is 48.8 Å². The van der Waals surface area contributed by atoms with Crippen LogP contribution in [0.4, 0.5) is 0 Å². The van der Waals surface area contributed by atoms with Crippen LogP contribution in [-0.2, 0) is 19.2 Å². The Labute approximate surface area is 159 Å². The predicted molar refractivity (Wildman–Crippen MR) is 103 cm³/mol. The summed E-state index contributed by atoms with van der Waals surface area (Å²) in [7, 11) is 1.74. The van der Waals surface area contributed by atoms with E-state index < -0.39 is 11.9 Å². The van der Waals surface area contributed by atoms with Crippen molar-refractivity contribution in [2.24, 2.45) is 0 Å². The second-order valence-corrected chi connectivity index (χ2v) is 6.16. The number of Topliss-reactive ketones (excluding diaryl/α,β-unsaturated/α-hetero) is 1. The van der Waals surface area contributed by atoms with Crippen molar-refractivity contribution in [1.82, 2.24) is 21.3 Å². The van der Waals surface area contributed by atoms with E-state index in [4.69, 9.17) is 0 Å². The normalized spacial score (nSPS) is 12.8. The van der Waals surface area contributed by atoms with Gasteiger partial charge in [0.15, 0.2) is 0 Å². The Morgan fingerprint density at radius 1 is 0.960 bits per heavy atom. The highest BCUT2D eigenvalue weighted by atomic mass is 32.1. The van der Waals surface area contributed by atoms with Crippen LogP contribution in [0.3, 0.4) is 0 Å². The van der Waals surface area contributed by atoms with Gasteiger partial charge in [-0.15, -0.1) is 0 Å². The van der Waals surface area contributed by atoms with Gasteiger partial charge in [-0.3, -0.25) is 19.2 Å². The molecule has 0 fully saturated rings. The predicted octanol–water partition coefficient (Wildman–Crippen LogP) is -1.09. The summed E-state index contributed by atoms with van der Waals surface area (Å²) in [6.07, 6.45) is 2.22. The van der Waals surface area contributed by atoms with Gasteiger partial charge in [0.2, 0.25) is 17.7 Å². The average Bonchev–Trinajstić information content (AvgIpc) is 2.59. The van der Waals surface area contributed by atoms with Crippen LogP contribution in [0.25, 0.3) is 0 Å². The minimum absolute atomic E-state index is 0.0121. The molecule has 0 aromatic heterocycles. The summed E-state index contributed by atoms with van der Waals surface area (Å²) < 4.78 is 0. The van der Waals surface area contributed by atoms with Gasteiger partial charge in [-0.2, -0.15) is 25.3 Å². The molecule has 0 aliphatic carbocycles. The molecule has 2 atom stereocenters. The summed E-state index contributed by atoms with van der Waals surface area (Å²) in [6, 6.07) is -0.932. The molecule has 0 aromatic rings. The van der Waals surface area contributed by atoms with Gasteiger partial charge in [0.05, 0.1) is 18.3 Å². The molecule has 0 saturated heterocycles. The van der Waals surface area contributed by atoms with Crippen molar-refractivity contribution in [3.8, 4) is 0 Å². The number of hydrogen-bond acceptors (Lipinski definition) is 7. The lowest BCUT2D eigenvalue weighted by atomic mass is 10.1. The van der Waals surface area contributed by atoms with Crippen LogP contribution in [0.1, 0.15) is 26.2 Å². The van der Waals surface area contributed by atoms with Crippen LogP contribution in [0.5, 0.6) is 0 Å². The maximum absolute atomic E-state index is 12.0. The highest BCUT2D eigenvalue weighted by Gasteiger charge is 2.19. The summed E-state index contributed by atoms with van der Waals surface area (Å²) in [5.74, 6) is -0.945. The maximum Gasteiger partial charge on any atom is 0.243 e. The van der Waals surface area contributed by atoms with Gasteiger partial charge in [-0.05, 0) is 33.2 Å². The summed E-state index contributed by atoms with van der Waals surface area (Å²) >= 11 is 7.84. The van der Waals surface area contributed by atoms with Crippen molar-refractivity contribution in [2.75, 3.05) is 31.6 Å². The number of amides is 3. The minimum atomic E-state index is -0.772. The first kappa shape index (κ1) is 23.7. The van der Waals surface area contributed by atoms with Crippen LogP contribution in [-0.4, -0.2) is 67.2 Å². The number of nitrogens with one attached hydrogen (secondary N) is 4. The molecule has 144 valence electrons. The molecule has 25 heavy (non-hydrogen) atoms. The average molecular weight is 393 g/mol. The van der Waals surface area contributed by atoms with E-state index in [1.54, 1.807) is 14.0 Å². The van der Waals surface area contributed by atoms with Gasteiger partial charge < -0.3 is 21.3 Å². The second kappa shape index (κ2) is 14.0. The van der Waals surface area contributed by atoms with E-state index in [0.717, 1.165) is 12.8 Å². The molecule has 0 bridgehead atoms. The van der Waals surface area contributed by atoms with E-state index in [2.05, 4.69) is 46.5 Å². The van der Waals surface area contributed by atoms with Crippen molar-refractivity contribution in [3.63, 3.8) is 0 Å². The molecule has 0 aromatic carbocycles. The number of unbranched alkanes of at least 4 members (excludes halogenated alkanes) is 1. The molecule has 3 amide bonds. The Kier molecular flexibility index (Phi) is 13.3. The number of likely N-dealkylation sites (N-methyl/N-ethyl adjacent to an activating group) is 1. The summed E-state index contributed by atoms with van der Waals surface area (Å²) in [5, 5.41) is 10.5. The van der Waals surface area contributed by atoms with Crippen LogP contribution >= 0.6 is 25.3 Å². The largest absolute Gasteiger partial charge is 0.354 e. The highest BCUT2D eigenvalue weighted by Crippen LogP contribution is 2.01. The molecule has 0 aliphatic heterocycles. The number of hydrogen-bond donors (Lipinski definition) is 6. The lowest BCUT2D eigenvalue weighted by Gasteiger charge is -2.17. The molecular formula is C15H28N4O4S2. The van der Waals surface area contributed by atoms with Gasteiger partial charge in [-0.1, -0.05) is 0 Å². The van der Waals surface area contributed by atoms with E-state index in [9.17, 15) is 19.2 Å². The van der Waals surface area contributed by atoms with E-state index in [0.29, 0.717) is 13.0 Å².